The van der Waals surface area contributed by atoms with Gasteiger partial charge in [-0.25, -0.2) is 4.79 Å². The molecular weight excluding hydrogens is 786 g/mol. The number of carbonyl (C=O) groups excluding carboxylic acids is 3. The van der Waals surface area contributed by atoms with Crippen LogP contribution in [0.3, 0.4) is 0 Å². The molecule has 0 bridgehead atoms. The molecule has 1 atom stereocenters. The number of ether oxygens (including phenoxy) is 5. The maximum Gasteiger partial charge on any atom is 0.319 e. The SMILES string of the molecule is CCOc1cccc([C@H](CC(=O)O)NC(=O)Nc2c(OCCCCCCNC(=O)COCC(=O)NCCOC(C)C)c(C)cn(Cc3c(Cl)cccc3OCC)c2=O)c1. The van der Waals surface area contributed by atoms with E-state index >= 15 is 0 Å². The molecule has 16 nitrogen and oxygen atoms in total. The lowest BCUT2D eigenvalue weighted by Crippen LogP contribution is -2.36. The Morgan fingerprint density at radius 1 is 0.864 bits per heavy atom. The molecule has 0 saturated carbocycles. The van der Waals surface area contributed by atoms with Crippen molar-refractivity contribution in [3.63, 3.8) is 0 Å². The van der Waals surface area contributed by atoms with Crippen molar-refractivity contribution in [2.45, 2.75) is 85.4 Å². The van der Waals surface area contributed by atoms with Gasteiger partial charge in [0.2, 0.25) is 11.8 Å². The predicted octanol–water partition coefficient (Wildman–Crippen LogP) is 5.61. The molecule has 0 aliphatic carbocycles. The summed E-state index contributed by atoms with van der Waals surface area (Å²) in [6.07, 6.45) is 4.09. The molecule has 2 aromatic carbocycles. The summed E-state index contributed by atoms with van der Waals surface area (Å²) in [7, 11) is 0. The molecule has 0 aliphatic heterocycles. The highest BCUT2D eigenvalue weighted by Gasteiger charge is 2.23. The fourth-order valence-corrected chi connectivity index (χ4v) is 6.11. The van der Waals surface area contributed by atoms with Crippen LogP contribution in [0.2, 0.25) is 5.02 Å². The summed E-state index contributed by atoms with van der Waals surface area (Å²) in [5.74, 6) is -0.589. The second-order valence-corrected chi connectivity index (χ2v) is 14.1. The zero-order valence-electron chi connectivity index (χ0n) is 34.5. The van der Waals surface area contributed by atoms with Gasteiger partial charge in [0.05, 0.1) is 51.5 Å². The number of hydrogen-bond donors (Lipinski definition) is 5. The van der Waals surface area contributed by atoms with Crippen LogP contribution in [0.4, 0.5) is 10.5 Å². The van der Waals surface area contributed by atoms with Gasteiger partial charge in [-0.15, -0.1) is 0 Å². The number of aromatic nitrogens is 1. The van der Waals surface area contributed by atoms with Gasteiger partial charge >= 0.3 is 12.0 Å². The zero-order valence-corrected chi connectivity index (χ0v) is 35.3. The summed E-state index contributed by atoms with van der Waals surface area (Å²) in [6.45, 7) is 11.0. The fourth-order valence-electron chi connectivity index (χ4n) is 5.88. The summed E-state index contributed by atoms with van der Waals surface area (Å²) in [4.78, 5) is 63.5. The molecule has 0 unspecified atom stereocenters. The molecule has 3 rings (SSSR count). The Labute approximate surface area is 350 Å². The molecule has 0 fully saturated rings. The van der Waals surface area contributed by atoms with E-state index in [1.165, 1.54) is 4.57 Å². The molecule has 0 radical (unpaired) electrons. The highest BCUT2D eigenvalue weighted by atomic mass is 35.5. The number of halogens is 1. The number of amides is 4. The molecule has 1 aromatic heterocycles. The number of carboxylic acids is 1. The van der Waals surface area contributed by atoms with Gasteiger partial charge < -0.3 is 54.6 Å². The van der Waals surface area contributed by atoms with E-state index in [2.05, 4.69) is 21.3 Å². The number of nitrogens with one attached hydrogen (secondary N) is 4. The van der Waals surface area contributed by atoms with Crippen molar-refractivity contribution < 1.29 is 48.0 Å². The standard InChI is InChI=1S/C42H58ClN5O11/c1-6-56-31-15-12-14-30(22-31)34(23-38(51)52)46-42(54)47-39-40(29(5)24-48(41(39)53)25-32-33(43)16-13-17-35(32)57-7-2)59-20-11-9-8-10-18-44-36(49)26-55-27-37(50)45-19-21-58-28(3)4/h12-17,22,24,28,34H,6-11,18-21,23,25-27H2,1-5H3,(H,44,49)(H,45,50)(H,51,52)(H2,46,47,54)/t34-/m0/s1. The van der Waals surface area contributed by atoms with E-state index in [0.29, 0.717) is 79.0 Å². The normalized spacial score (nSPS) is 11.4. The van der Waals surface area contributed by atoms with Crippen LogP contribution in [-0.4, -0.2) is 92.3 Å². The average Bonchev–Trinajstić information content (AvgIpc) is 3.18. The Balaban J connectivity index is 1.65. The van der Waals surface area contributed by atoms with Gasteiger partial charge in [-0.1, -0.05) is 42.6 Å². The van der Waals surface area contributed by atoms with Crippen LogP contribution in [0.15, 0.2) is 53.5 Å². The summed E-state index contributed by atoms with van der Waals surface area (Å²) >= 11 is 6.55. The summed E-state index contributed by atoms with van der Waals surface area (Å²) in [5, 5.41) is 20.9. The van der Waals surface area contributed by atoms with Crippen molar-refractivity contribution in [3.8, 4) is 17.2 Å². The van der Waals surface area contributed by atoms with Crippen LogP contribution < -0.4 is 41.0 Å². The number of carboxylic acid groups (broad SMARTS) is 1. The van der Waals surface area contributed by atoms with Crippen LogP contribution >= 0.6 is 11.6 Å². The van der Waals surface area contributed by atoms with Crippen LogP contribution in [-0.2, 0) is 30.4 Å². The smallest absolute Gasteiger partial charge is 0.319 e. The monoisotopic (exact) mass is 843 g/mol. The number of urea groups is 1. The Morgan fingerprint density at radius 2 is 1.56 bits per heavy atom. The van der Waals surface area contributed by atoms with Gasteiger partial charge in [-0.2, -0.15) is 0 Å². The fraction of sp³-hybridized carbons (Fsp3) is 0.500. The van der Waals surface area contributed by atoms with Crippen molar-refractivity contribution >= 4 is 41.1 Å². The molecule has 1 heterocycles. The number of aryl methyl sites for hydroxylation is 1. The Bertz CT molecular complexity index is 1890. The lowest BCUT2D eigenvalue weighted by atomic mass is 10.0. The van der Waals surface area contributed by atoms with Crippen LogP contribution in [0, 0.1) is 6.92 Å². The summed E-state index contributed by atoms with van der Waals surface area (Å²) in [5.41, 5.74) is 0.927. The highest BCUT2D eigenvalue weighted by Crippen LogP contribution is 2.30. The van der Waals surface area contributed by atoms with Gasteiger partial charge in [0.1, 0.15) is 24.7 Å². The summed E-state index contributed by atoms with van der Waals surface area (Å²) < 4.78 is 29.4. The molecule has 5 N–H and O–H groups in total. The molecule has 0 spiro atoms. The zero-order chi connectivity index (χ0) is 43.2. The van der Waals surface area contributed by atoms with E-state index in [9.17, 15) is 29.1 Å². The number of nitrogens with zero attached hydrogens (tertiary/aromatic N) is 1. The van der Waals surface area contributed by atoms with E-state index in [1.54, 1.807) is 55.6 Å². The number of hydrogen-bond acceptors (Lipinski definition) is 10. The van der Waals surface area contributed by atoms with Gasteiger partial charge in [0, 0.05) is 35.4 Å². The first kappa shape index (κ1) is 48.1. The highest BCUT2D eigenvalue weighted by molar-refractivity contribution is 6.31. The lowest BCUT2D eigenvalue weighted by molar-refractivity contribution is -0.137. The first-order valence-corrected chi connectivity index (χ1v) is 20.2. The molecule has 17 heteroatoms. The van der Waals surface area contributed by atoms with Gasteiger partial charge in [0.15, 0.2) is 11.4 Å². The molecule has 0 aliphatic rings. The molecular formula is C42H58ClN5O11. The third kappa shape index (κ3) is 17.2. The Kier molecular flexibility index (Phi) is 21.1. The second kappa shape index (κ2) is 25.9. The Morgan fingerprint density at radius 3 is 2.25 bits per heavy atom. The van der Waals surface area contributed by atoms with Gasteiger partial charge in [-0.05, 0) is 77.3 Å². The van der Waals surface area contributed by atoms with Crippen molar-refractivity contribution in [2.75, 3.05) is 58.0 Å². The Hall–Kier alpha value is -5.32. The number of benzene rings is 2. The average molecular weight is 844 g/mol. The maximum atomic E-state index is 14.1. The maximum absolute atomic E-state index is 14.1. The number of unbranched alkanes of at least 4 members (excludes halogenated alkanes) is 3. The number of rotatable bonds is 27. The predicted molar refractivity (Wildman–Crippen MR) is 224 cm³/mol. The second-order valence-electron chi connectivity index (χ2n) is 13.7. The van der Waals surface area contributed by atoms with Gasteiger partial charge in [-0.3, -0.25) is 19.2 Å². The molecule has 0 saturated heterocycles. The largest absolute Gasteiger partial charge is 0.494 e. The minimum atomic E-state index is -1.14. The molecule has 59 heavy (non-hydrogen) atoms. The van der Waals surface area contributed by atoms with Crippen molar-refractivity contribution in [1.82, 2.24) is 20.5 Å². The molecule has 324 valence electrons. The first-order chi connectivity index (χ1) is 28.3. The topological polar surface area (TPSA) is 205 Å². The van der Waals surface area contributed by atoms with Crippen LogP contribution in [0.25, 0.3) is 0 Å². The quantitative estimate of drug-likeness (QED) is 0.0597. The van der Waals surface area contributed by atoms with Crippen molar-refractivity contribution in [2.24, 2.45) is 0 Å². The number of aliphatic carboxylic acids is 1. The number of anilines is 1. The minimum absolute atomic E-state index is 0.0313. The van der Waals surface area contributed by atoms with E-state index in [0.717, 1.165) is 12.8 Å². The lowest BCUT2D eigenvalue weighted by Gasteiger charge is -2.21. The molecule has 3 aromatic rings. The third-order valence-corrected chi connectivity index (χ3v) is 8.94. The van der Waals surface area contributed by atoms with E-state index in [-0.39, 0.29) is 55.7 Å². The van der Waals surface area contributed by atoms with Crippen molar-refractivity contribution in [1.29, 1.82) is 0 Å². The van der Waals surface area contributed by atoms with Gasteiger partial charge in [0.25, 0.3) is 5.56 Å². The third-order valence-electron chi connectivity index (χ3n) is 8.59. The molecule has 4 amide bonds. The van der Waals surface area contributed by atoms with E-state index in [1.807, 2.05) is 27.7 Å². The van der Waals surface area contributed by atoms with Crippen molar-refractivity contribution in [3.05, 3.63) is 80.7 Å². The number of pyridine rings is 1. The van der Waals surface area contributed by atoms with Crippen LogP contribution in [0.1, 0.15) is 82.5 Å². The summed E-state index contributed by atoms with van der Waals surface area (Å²) in [6, 6.07) is 10.2. The minimum Gasteiger partial charge on any atom is -0.494 e. The van der Waals surface area contributed by atoms with E-state index in [4.69, 9.17) is 35.3 Å². The van der Waals surface area contributed by atoms with E-state index < -0.39 is 30.0 Å². The first-order valence-electron chi connectivity index (χ1n) is 19.8. The van der Waals surface area contributed by atoms with Crippen LogP contribution in [0.5, 0.6) is 17.2 Å². The number of carbonyl (C=O) groups is 4.